The van der Waals surface area contributed by atoms with Gasteiger partial charge in [-0.25, -0.2) is 0 Å². The molecule has 20 heavy (non-hydrogen) atoms. The zero-order chi connectivity index (χ0) is 15.0. The molecule has 1 aromatic carbocycles. The van der Waals surface area contributed by atoms with Crippen molar-refractivity contribution in [2.75, 3.05) is 13.1 Å². The molecule has 4 heteroatoms. The van der Waals surface area contributed by atoms with Crippen LogP contribution in [0.2, 0.25) is 0 Å². The maximum Gasteiger partial charge on any atom is 0.234 e. The van der Waals surface area contributed by atoms with Crippen LogP contribution in [0.25, 0.3) is 0 Å². The van der Waals surface area contributed by atoms with Crippen molar-refractivity contribution in [1.29, 1.82) is 0 Å². The molecule has 1 aromatic rings. The minimum Gasteiger partial charge on any atom is -0.491 e. The van der Waals surface area contributed by atoms with Crippen LogP contribution in [0.5, 0.6) is 5.75 Å². The molecule has 1 atom stereocenters. The summed E-state index contributed by atoms with van der Waals surface area (Å²) in [5.41, 5.74) is 1.05. The Bertz CT molecular complexity index is 427. The van der Waals surface area contributed by atoms with Crippen LogP contribution in [0.3, 0.4) is 0 Å². The molecule has 1 amide bonds. The fraction of sp³-hybridized carbons (Fsp3) is 0.438. The van der Waals surface area contributed by atoms with Gasteiger partial charge in [0.2, 0.25) is 5.91 Å². The summed E-state index contributed by atoms with van der Waals surface area (Å²) >= 11 is 0. The first-order chi connectivity index (χ1) is 9.52. The Labute approximate surface area is 121 Å². The lowest BCUT2D eigenvalue weighted by molar-refractivity contribution is -0.120. The van der Waals surface area contributed by atoms with E-state index in [0.29, 0.717) is 13.1 Å². The van der Waals surface area contributed by atoms with E-state index in [4.69, 9.17) is 4.74 Å². The summed E-state index contributed by atoms with van der Waals surface area (Å²) in [6.45, 7) is 10.5. The van der Waals surface area contributed by atoms with Crippen LogP contribution in [0.4, 0.5) is 0 Å². The normalized spacial score (nSPS) is 12.0. The molecule has 0 fully saturated rings. The quantitative estimate of drug-likeness (QED) is 0.566. The first kappa shape index (κ1) is 16.2. The molecule has 0 aliphatic carbocycles. The Balaban J connectivity index is 2.48. The van der Waals surface area contributed by atoms with Gasteiger partial charge in [-0.2, -0.15) is 0 Å². The van der Waals surface area contributed by atoms with Crippen molar-refractivity contribution in [3.05, 3.63) is 42.5 Å². The molecule has 0 heterocycles. The molecule has 0 saturated carbocycles. The summed E-state index contributed by atoms with van der Waals surface area (Å²) in [7, 11) is 0. The Morgan fingerprint density at radius 2 is 1.95 bits per heavy atom. The van der Waals surface area contributed by atoms with Gasteiger partial charge in [0.15, 0.2) is 0 Å². The van der Waals surface area contributed by atoms with E-state index < -0.39 is 0 Å². The smallest absolute Gasteiger partial charge is 0.234 e. The van der Waals surface area contributed by atoms with E-state index in [1.54, 1.807) is 6.08 Å². The van der Waals surface area contributed by atoms with Crippen LogP contribution in [0, 0.1) is 0 Å². The van der Waals surface area contributed by atoms with Crippen molar-refractivity contribution in [2.45, 2.75) is 32.9 Å². The van der Waals surface area contributed by atoms with Gasteiger partial charge >= 0.3 is 0 Å². The van der Waals surface area contributed by atoms with E-state index in [1.807, 2.05) is 45.0 Å². The lowest BCUT2D eigenvalue weighted by atomic mass is 10.1. The predicted octanol–water partition coefficient (Wildman–Crippen LogP) is 2.43. The monoisotopic (exact) mass is 276 g/mol. The maximum atomic E-state index is 11.7. The van der Waals surface area contributed by atoms with Crippen LogP contribution in [-0.2, 0) is 4.79 Å². The molecule has 0 saturated heterocycles. The number of benzene rings is 1. The Morgan fingerprint density at radius 3 is 2.50 bits per heavy atom. The molecular weight excluding hydrogens is 252 g/mol. The van der Waals surface area contributed by atoms with E-state index in [9.17, 15) is 4.79 Å². The number of carbonyl (C=O) groups excluding carboxylic acids is 1. The molecule has 4 nitrogen and oxygen atoms in total. The fourth-order valence-electron chi connectivity index (χ4n) is 1.77. The van der Waals surface area contributed by atoms with E-state index in [-0.39, 0.29) is 18.1 Å². The number of amides is 1. The van der Waals surface area contributed by atoms with Crippen LogP contribution in [-0.4, -0.2) is 25.1 Å². The third-order valence-corrected chi connectivity index (χ3v) is 2.70. The molecule has 0 bridgehead atoms. The Morgan fingerprint density at radius 1 is 1.30 bits per heavy atom. The zero-order valence-corrected chi connectivity index (χ0v) is 12.5. The number of hydrogen-bond acceptors (Lipinski definition) is 3. The molecule has 110 valence electrons. The van der Waals surface area contributed by atoms with Crippen LogP contribution < -0.4 is 15.4 Å². The highest BCUT2D eigenvalue weighted by Crippen LogP contribution is 2.18. The molecule has 0 spiro atoms. The second-order valence-electron chi connectivity index (χ2n) is 4.94. The van der Waals surface area contributed by atoms with Crippen molar-refractivity contribution >= 4 is 5.91 Å². The van der Waals surface area contributed by atoms with Crippen molar-refractivity contribution in [3.63, 3.8) is 0 Å². The SMILES string of the molecule is C=CCNCC(=O)NC(C)c1ccc(OC(C)C)cc1. The summed E-state index contributed by atoms with van der Waals surface area (Å²) in [6, 6.07) is 7.77. The van der Waals surface area contributed by atoms with Crippen LogP contribution in [0.1, 0.15) is 32.4 Å². The van der Waals surface area contributed by atoms with Crippen LogP contribution >= 0.6 is 0 Å². The number of carbonyl (C=O) groups is 1. The molecule has 2 N–H and O–H groups in total. The minimum atomic E-state index is -0.0267. The average molecular weight is 276 g/mol. The second kappa shape index (κ2) is 8.38. The standard InChI is InChI=1S/C16H24N2O2/c1-5-10-17-11-16(19)18-13(4)14-6-8-15(9-7-14)20-12(2)3/h5-9,12-13,17H,1,10-11H2,2-4H3,(H,18,19). The van der Waals surface area contributed by atoms with Gasteiger partial charge < -0.3 is 15.4 Å². The first-order valence-electron chi connectivity index (χ1n) is 6.90. The molecule has 0 radical (unpaired) electrons. The maximum absolute atomic E-state index is 11.7. The summed E-state index contributed by atoms with van der Waals surface area (Å²) in [5.74, 6) is 0.816. The van der Waals surface area contributed by atoms with E-state index in [1.165, 1.54) is 0 Å². The largest absolute Gasteiger partial charge is 0.491 e. The van der Waals surface area contributed by atoms with Gasteiger partial charge in [-0.3, -0.25) is 4.79 Å². The van der Waals surface area contributed by atoms with Crippen molar-refractivity contribution in [2.24, 2.45) is 0 Å². The number of ether oxygens (including phenoxy) is 1. The third kappa shape index (κ3) is 5.89. The Hall–Kier alpha value is -1.81. The lowest BCUT2D eigenvalue weighted by Gasteiger charge is -2.16. The van der Waals surface area contributed by atoms with Crippen LogP contribution in [0.15, 0.2) is 36.9 Å². The highest BCUT2D eigenvalue weighted by Gasteiger charge is 2.09. The highest BCUT2D eigenvalue weighted by molar-refractivity contribution is 5.78. The summed E-state index contributed by atoms with van der Waals surface area (Å²) < 4.78 is 5.59. The van der Waals surface area contributed by atoms with Gasteiger partial charge in [0.05, 0.1) is 18.7 Å². The summed E-state index contributed by atoms with van der Waals surface area (Å²) in [6.07, 6.45) is 1.89. The van der Waals surface area contributed by atoms with Gasteiger partial charge in [-0.15, -0.1) is 6.58 Å². The summed E-state index contributed by atoms with van der Waals surface area (Å²) in [5, 5.41) is 5.91. The lowest BCUT2D eigenvalue weighted by Crippen LogP contribution is -2.35. The molecule has 0 aliphatic rings. The Kier molecular flexibility index (Phi) is 6.81. The van der Waals surface area contributed by atoms with Gasteiger partial charge in [0.1, 0.15) is 5.75 Å². The molecule has 1 rings (SSSR count). The average Bonchev–Trinajstić information content (AvgIpc) is 2.39. The fourth-order valence-corrected chi connectivity index (χ4v) is 1.77. The van der Waals surface area contributed by atoms with Gasteiger partial charge in [-0.1, -0.05) is 18.2 Å². The summed E-state index contributed by atoms with van der Waals surface area (Å²) in [4.78, 5) is 11.7. The van der Waals surface area contributed by atoms with E-state index >= 15 is 0 Å². The second-order valence-corrected chi connectivity index (χ2v) is 4.94. The zero-order valence-electron chi connectivity index (χ0n) is 12.5. The molecule has 0 aliphatic heterocycles. The number of hydrogen-bond donors (Lipinski definition) is 2. The van der Waals surface area contributed by atoms with Gasteiger partial charge in [0.25, 0.3) is 0 Å². The molecular formula is C16H24N2O2. The van der Waals surface area contributed by atoms with E-state index in [0.717, 1.165) is 11.3 Å². The highest BCUT2D eigenvalue weighted by atomic mass is 16.5. The number of rotatable bonds is 8. The first-order valence-corrected chi connectivity index (χ1v) is 6.90. The topological polar surface area (TPSA) is 50.4 Å². The molecule has 0 aromatic heterocycles. The number of nitrogens with one attached hydrogen (secondary N) is 2. The molecule has 1 unspecified atom stereocenters. The van der Waals surface area contributed by atoms with Gasteiger partial charge in [-0.05, 0) is 38.5 Å². The minimum absolute atomic E-state index is 0.0261. The van der Waals surface area contributed by atoms with Crippen molar-refractivity contribution < 1.29 is 9.53 Å². The predicted molar refractivity (Wildman–Crippen MR) is 81.8 cm³/mol. The third-order valence-electron chi connectivity index (χ3n) is 2.70. The van der Waals surface area contributed by atoms with Crippen molar-refractivity contribution in [3.8, 4) is 5.75 Å². The van der Waals surface area contributed by atoms with Gasteiger partial charge in [0, 0.05) is 6.54 Å². The van der Waals surface area contributed by atoms with E-state index in [2.05, 4.69) is 17.2 Å². The van der Waals surface area contributed by atoms with Crippen molar-refractivity contribution in [1.82, 2.24) is 10.6 Å².